The van der Waals surface area contributed by atoms with Crippen LogP contribution in [0.4, 0.5) is 5.69 Å². The Morgan fingerprint density at radius 1 is 1.00 bits per heavy atom. The van der Waals surface area contributed by atoms with Gasteiger partial charge in [-0.25, -0.2) is 4.79 Å². The molecule has 2 aromatic rings. The summed E-state index contributed by atoms with van der Waals surface area (Å²) in [6, 6.07) is 15.5. The van der Waals surface area contributed by atoms with Crippen molar-refractivity contribution in [3.05, 3.63) is 65.2 Å². The molecule has 1 amide bonds. The first-order valence-electron chi connectivity index (χ1n) is 8.83. The van der Waals surface area contributed by atoms with Crippen LogP contribution in [0, 0.1) is 6.92 Å². The Morgan fingerprint density at radius 3 is 2.35 bits per heavy atom. The number of carbonyl (C=O) groups excluding carboxylic acids is 2. The SMILES string of the molecule is COC(=O)c1cccc(N2CCN(C(=O)Cc3ccc(C)cc3)CC2)c1. The molecule has 0 spiro atoms. The predicted molar refractivity (Wildman–Crippen MR) is 101 cm³/mol. The summed E-state index contributed by atoms with van der Waals surface area (Å²) in [7, 11) is 1.38. The Balaban J connectivity index is 1.58. The third kappa shape index (κ3) is 4.23. The van der Waals surface area contributed by atoms with E-state index in [1.54, 1.807) is 6.07 Å². The van der Waals surface area contributed by atoms with E-state index >= 15 is 0 Å². The molecule has 136 valence electrons. The highest BCUT2D eigenvalue weighted by Gasteiger charge is 2.22. The Labute approximate surface area is 154 Å². The van der Waals surface area contributed by atoms with Gasteiger partial charge in [0.1, 0.15) is 0 Å². The Morgan fingerprint density at radius 2 is 1.69 bits per heavy atom. The van der Waals surface area contributed by atoms with Crippen molar-refractivity contribution in [2.75, 3.05) is 38.2 Å². The average Bonchev–Trinajstić information content (AvgIpc) is 2.69. The number of carbonyl (C=O) groups is 2. The fourth-order valence-electron chi connectivity index (χ4n) is 3.15. The van der Waals surface area contributed by atoms with Crippen molar-refractivity contribution >= 4 is 17.6 Å². The van der Waals surface area contributed by atoms with Gasteiger partial charge in [0, 0.05) is 31.9 Å². The first-order chi connectivity index (χ1) is 12.6. The zero-order valence-corrected chi connectivity index (χ0v) is 15.3. The maximum Gasteiger partial charge on any atom is 0.337 e. The number of hydrogen-bond acceptors (Lipinski definition) is 4. The molecule has 0 bridgehead atoms. The predicted octanol–water partition coefficient (Wildman–Crippen LogP) is 2.67. The topological polar surface area (TPSA) is 49.9 Å². The van der Waals surface area contributed by atoms with Crippen LogP contribution in [-0.2, 0) is 16.0 Å². The van der Waals surface area contributed by atoms with Gasteiger partial charge in [-0.05, 0) is 30.7 Å². The minimum atomic E-state index is -0.334. The third-order valence-electron chi connectivity index (χ3n) is 4.74. The van der Waals surface area contributed by atoms with Gasteiger partial charge in [-0.1, -0.05) is 35.9 Å². The second-order valence-electron chi connectivity index (χ2n) is 6.57. The molecule has 1 aliphatic rings. The number of anilines is 1. The van der Waals surface area contributed by atoms with Crippen molar-refractivity contribution in [1.29, 1.82) is 0 Å². The van der Waals surface area contributed by atoms with Crippen molar-refractivity contribution in [3.8, 4) is 0 Å². The Kier molecular flexibility index (Phi) is 5.56. The van der Waals surface area contributed by atoms with Crippen LogP contribution >= 0.6 is 0 Å². The molecule has 0 radical (unpaired) electrons. The second-order valence-corrected chi connectivity index (χ2v) is 6.57. The van der Waals surface area contributed by atoms with Crippen LogP contribution < -0.4 is 4.90 Å². The van der Waals surface area contributed by atoms with E-state index in [0.29, 0.717) is 25.1 Å². The number of methoxy groups -OCH3 is 1. The van der Waals surface area contributed by atoms with Crippen molar-refractivity contribution in [2.24, 2.45) is 0 Å². The van der Waals surface area contributed by atoms with Gasteiger partial charge in [0.15, 0.2) is 0 Å². The van der Waals surface area contributed by atoms with Crippen molar-refractivity contribution < 1.29 is 14.3 Å². The van der Waals surface area contributed by atoms with Crippen LogP contribution in [0.15, 0.2) is 48.5 Å². The van der Waals surface area contributed by atoms with E-state index in [-0.39, 0.29) is 11.9 Å². The number of hydrogen-bond donors (Lipinski definition) is 0. The van der Waals surface area contributed by atoms with E-state index < -0.39 is 0 Å². The Bertz CT molecular complexity index is 778. The van der Waals surface area contributed by atoms with Crippen molar-refractivity contribution in [1.82, 2.24) is 4.90 Å². The van der Waals surface area contributed by atoms with Crippen LogP contribution in [0.3, 0.4) is 0 Å². The molecule has 2 aromatic carbocycles. The zero-order valence-electron chi connectivity index (χ0n) is 15.3. The van der Waals surface area contributed by atoms with Crippen molar-refractivity contribution in [2.45, 2.75) is 13.3 Å². The van der Waals surface area contributed by atoms with Gasteiger partial charge < -0.3 is 14.5 Å². The number of aryl methyl sites for hydroxylation is 1. The number of ether oxygens (including phenoxy) is 1. The smallest absolute Gasteiger partial charge is 0.337 e. The summed E-state index contributed by atoms with van der Waals surface area (Å²) in [5, 5.41) is 0. The summed E-state index contributed by atoms with van der Waals surface area (Å²) >= 11 is 0. The summed E-state index contributed by atoms with van der Waals surface area (Å²) < 4.78 is 4.78. The molecule has 0 atom stereocenters. The highest BCUT2D eigenvalue weighted by molar-refractivity contribution is 5.90. The second kappa shape index (κ2) is 8.04. The van der Waals surface area contributed by atoms with Crippen LogP contribution in [0.2, 0.25) is 0 Å². The van der Waals surface area contributed by atoms with Gasteiger partial charge in [-0.3, -0.25) is 4.79 Å². The molecule has 5 nitrogen and oxygen atoms in total. The minimum absolute atomic E-state index is 0.164. The molecular formula is C21H24N2O3. The molecule has 26 heavy (non-hydrogen) atoms. The molecule has 0 N–H and O–H groups in total. The third-order valence-corrected chi connectivity index (χ3v) is 4.74. The molecular weight excluding hydrogens is 328 g/mol. The number of esters is 1. The quantitative estimate of drug-likeness (QED) is 0.794. The fourth-order valence-corrected chi connectivity index (χ4v) is 3.15. The number of amides is 1. The molecule has 1 heterocycles. The molecule has 5 heteroatoms. The molecule has 0 unspecified atom stereocenters. The van der Waals surface area contributed by atoms with E-state index in [9.17, 15) is 9.59 Å². The zero-order chi connectivity index (χ0) is 18.5. The van der Waals surface area contributed by atoms with Crippen LogP contribution in [0.1, 0.15) is 21.5 Å². The standard InChI is InChI=1S/C21H24N2O3/c1-16-6-8-17(9-7-16)14-20(24)23-12-10-22(11-13-23)19-5-3-4-18(15-19)21(25)26-2/h3-9,15H,10-14H2,1-2H3. The van der Waals surface area contributed by atoms with Gasteiger partial charge in [0.2, 0.25) is 5.91 Å². The molecule has 1 saturated heterocycles. The molecule has 1 fully saturated rings. The van der Waals surface area contributed by atoms with E-state index in [1.807, 2.05) is 54.3 Å². The number of benzene rings is 2. The lowest BCUT2D eigenvalue weighted by Gasteiger charge is -2.36. The first kappa shape index (κ1) is 18.0. The van der Waals surface area contributed by atoms with E-state index in [4.69, 9.17) is 4.74 Å². The van der Waals surface area contributed by atoms with Gasteiger partial charge in [-0.15, -0.1) is 0 Å². The molecule has 3 rings (SSSR count). The Hall–Kier alpha value is -2.82. The molecule has 0 saturated carbocycles. The molecule has 0 aromatic heterocycles. The lowest BCUT2D eigenvalue weighted by molar-refractivity contribution is -0.130. The van der Waals surface area contributed by atoms with Gasteiger partial charge >= 0.3 is 5.97 Å². The van der Waals surface area contributed by atoms with E-state index in [1.165, 1.54) is 12.7 Å². The van der Waals surface area contributed by atoms with Gasteiger partial charge in [0.05, 0.1) is 19.1 Å². The fraction of sp³-hybridized carbons (Fsp3) is 0.333. The highest BCUT2D eigenvalue weighted by Crippen LogP contribution is 2.19. The number of rotatable bonds is 4. The summed E-state index contributed by atoms with van der Waals surface area (Å²) in [6.45, 7) is 4.93. The maximum absolute atomic E-state index is 12.5. The highest BCUT2D eigenvalue weighted by atomic mass is 16.5. The van der Waals surface area contributed by atoms with Crippen LogP contribution in [-0.4, -0.2) is 50.1 Å². The van der Waals surface area contributed by atoms with E-state index in [2.05, 4.69) is 4.90 Å². The average molecular weight is 352 g/mol. The first-order valence-corrected chi connectivity index (χ1v) is 8.83. The van der Waals surface area contributed by atoms with Crippen LogP contribution in [0.25, 0.3) is 0 Å². The minimum Gasteiger partial charge on any atom is -0.465 e. The monoisotopic (exact) mass is 352 g/mol. The van der Waals surface area contributed by atoms with Gasteiger partial charge in [0.25, 0.3) is 0 Å². The largest absolute Gasteiger partial charge is 0.465 e. The number of piperazine rings is 1. The van der Waals surface area contributed by atoms with Gasteiger partial charge in [-0.2, -0.15) is 0 Å². The van der Waals surface area contributed by atoms with Crippen LogP contribution in [0.5, 0.6) is 0 Å². The normalized spacial score (nSPS) is 14.2. The summed E-state index contributed by atoms with van der Waals surface area (Å²) in [6.07, 6.45) is 0.443. The molecule has 1 aliphatic heterocycles. The maximum atomic E-state index is 12.5. The molecule has 0 aliphatic carbocycles. The summed E-state index contributed by atoms with van der Waals surface area (Å²) in [4.78, 5) is 28.3. The lowest BCUT2D eigenvalue weighted by atomic mass is 10.1. The summed E-state index contributed by atoms with van der Waals surface area (Å²) in [5.41, 5.74) is 3.78. The summed E-state index contributed by atoms with van der Waals surface area (Å²) in [5.74, 6) is -0.171. The van der Waals surface area contributed by atoms with E-state index in [0.717, 1.165) is 24.3 Å². The van der Waals surface area contributed by atoms with Crippen molar-refractivity contribution in [3.63, 3.8) is 0 Å². The number of nitrogens with zero attached hydrogens (tertiary/aromatic N) is 2. The lowest BCUT2D eigenvalue weighted by Crippen LogP contribution is -2.49.